The standard InChI is InChI=1S/C13H18N2O2S/c1-14-11(9-15(7-8-18)13(14)16)10-5-3-4-6-12(10)17-2/h3-6,11,18H,7-9H2,1-2H3. The molecule has 1 heterocycles. The SMILES string of the molecule is COc1ccccc1C1CN(CCS)C(=O)N1C. The number of carbonyl (C=O) groups excluding carboxylic acids is 1. The average molecular weight is 266 g/mol. The van der Waals surface area contributed by atoms with Crippen LogP contribution in [-0.4, -0.2) is 48.8 Å². The quantitative estimate of drug-likeness (QED) is 0.846. The van der Waals surface area contributed by atoms with Crippen molar-refractivity contribution in [1.29, 1.82) is 0 Å². The van der Waals surface area contributed by atoms with Crippen molar-refractivity contribution in [2.75, 3.05) is 33.0 Å². The van der Waals surface area contributed by atoms with E-state index >= 15 is 0 Å². The molecule has 98 valence electrons. The van der Waals surface area contributed by atoms with Crippen molar-refractivity contribution in [3.8, 4) is 5.75 Å². The van der Waals surface area contributed by atoms with E-state index in [1.54, 1.807) is 12.0 Å². The van der Waals surface area contributed by atoms with Crippen LogP contribution in [0.2, 0.25) is 0 Å². The number of urea groups is 1. The van der Waals surface area contributed by atoms with Crippen LogP contribution in [-0.2, 0) is 0 Å². The summed E-state index contributed by atoms with van der Waals surface area (Å²) in [5.41, 5.74) is 1.05. The summed E-state index contributed by atoms with van der Waals surface area (Å²) in [7, 11) is 3.49. The molecule has 0 aromatic heterocycles. The molecule has 1 atom stereocenters. The number of thiol groups is 1. The molecule has 0 bridgehead atoms. The van der Waals surface area contributed by atoms with Crippen molar-refractivity contribution < 1.29 is 9.53 Å². The molecule has 1 aromatic carbocycles. The van der Waals surface area contributed by atoms with Crippen molar-refractivity contribution in [2.24, 2.45) is 0 Å². The van der Waals surface area contributed by atoms with Gasteiger partial charge in [-0.3, -0.25) is 0 Å². The number of ether oxygens (including phenoxy) is 1. The lowest BCUT2D eigenvalue weighted by atomic mass is 10.1. The van der Waals surface area contributed by atoms with Gasteiger partial charge in [-0.1, -0.05) is 18.2 Å². The Hall–Kier alpha value is -1.36. The second-order valence-corrected chi connectivity index (χ2v) is 4.77. The Kier molecular flexibility index (Phi) is 4.01. The Bertz CT molecular complexity index is 439. The monoisotopic (exact) mass is 266 g/mol. The summed E-state index contributed by atoms with van der Waals surface area (Å²) in [6.07, 6.45) is 0. The minimum atomic E-state index is 0.0496. The molecule has 1 aliphatic heterocycles. The Morgan fingerprint density at radius 3 is 2.83 bits per heavy atom. The molecule has 0 saturated carbocycles. The zero-order valence-corrected chi connectivity index (χ0v) is 11.6. The predicted molar refractivity (Wildman–Crippen MR) is 74.3 cm³/mol. The number of rotatable bonds is 4. The highest BCUT2D eigenvalue weighted by atomic mass is 32.1. The van der Waals surface area contributed by atoms with Gasteiger partial charge in [0, 0.05) is 31.5 Å². The van der Waals surface area contributed by atoms with Crippen molar-refractivity contribution in [1.82, 2.24) is 9.80 Å². The Morgan fingerprint density at radius 2 is 2.17 bits per heavy atom. The number of carbonyl (C=O) groups is 1. The van der Waals surface area contributed by atoms with Gasteiger partial charge in [0.25, 0.3) is 0 Å². The molecule has 1 aliphatic rings. The number of methoxy groups -OCH3 is 1. The highest BCUT2D eigenvalue weighted by Gasteiger charge is 2.36. The van der Waals surface area contributed by atoms with Gasteiger partial charge in [-0.25, -0.2) is 4.79 Å². The van der Waals surface area contributed by atoms with E-state index in [0.717, 1.165) is 11.3 Å². The van der Waals surface area contributed by atoms with E-state index < -0.39 is 0 Å². The van der Waals surface area contributed by atoms with Gasteiger partial charge in [0.15, 0.2) is 0 Å². The first-order valence-corrected chi connectivity index (χ1v) is 6.57. The molecule has 4 nitrogen and oxygen atoms in total. The molecule has 2 amide bonds. The number of nitrogens with zero attached hydrogens (tertiary/aromatic N) is 2. The van der Waals surface area contributed by atoms with Crippen LogP contribution in [0, 0.1) is 0 Å². The van der Waals surface area contributed by atoms with E-state index in [0.29, 0.717) is 18.8 Å². The maximum Gasteiger partial charge on any atom is 0.320 e. The topological polar surface area (TPSA) is 32.8 Å². The first-order valence-electron chi connectivity index (χ1n) is 5.94. The minimum Gasteiger partial charge on any atom is -0.496 e. The second kappa shape index (κ2) is 5.52. The predicted octanol–water partition coefficient (Wildman–Crippen LogP) is 2.03. The van der Waals surface area contributed by atoms with Gasteiger partial charge in [-0.15, -0.1) is 0 Å². The Labute approximate surface area is 113 Å². The van der Waals surface area contributed by atoms with Gasteiger partial charge in [0.1, 0.15) is 5.75 Å². The number of para-hydroxylation sites is 1. The summed E-state index contributed by atoms with van der Waals surface area (Å²) in [6, 6.07) is 7.95. The van der Waals surface area contributed by atoms with Gasteiger partial charge < -0.3 is 14.5 Å². The van der Waals surface area contributed by atoms with Gasteiger partial charge in [-0.2, -0.15) is 12.6 Å². The lowest BCUT2D eigenvalue weighted by Crippen LogP contribution is -2.31. The maximum absolute atomic E-state index is 12.1. The zero-order valence-electron chi connectivity index (χ0n) is 10.7. The van der Waals surface area contributed by atoms with E-state index in [1.165, 1.54) is 0 Å². The van der Waals surface area contributed by atoms with Gasteiger partial charge in [0.2, 0.25) is 0 Å². The lowest BCUT2D eigenvalue weighted by molar-refractivity contribution is 0.197. The molecule has 0 N–H and O–H groups in total. The molecule has 1 aromatic rings. The number of amides is 2. The zero-order chi connectivity index (χ0) is 13.1. The molecule has 1 unspecified atom stereocenters. The summed E-state index contributed by atoms with van der Waals surface area (Å²) in [6.45, 7) is 1.37. The van der Waals surface area contributed by atoms with Crippen LogP contribution < -0.4 is 4.74 Å². The van der Waals surface area contributed by atoms with Crippen LogP contribution >= 0.6 is 12.6 Å². The molecule has 0 aliphatic carbocycles. The largest absolute Gasteiger partial charge is 0.496 e. The highest BCUT2D eigenvalue weighted by molar-refractivity contribution is 7.80. The summed E-state index contributed by atoms with van der Waals surface area (Å²) in [4.78, 5) is 15.6. The Balaban J connectivity index is 2.26. The van der Waals surface area contributed by atoms with Crippen LogP contribution in [0.1, 0.15) is 11.6 Å². The first-order chi connectivity index (χ1) is 8.69. The third-order valence-electron chi connectivity index (χ3n) is 3.30. The third-order valence-corrected chi connectivity index (χ3v) is 3.50. The van der Waals surface area contributed by atoms with Crippen molar-refractivity contribution in [2.45, 2.75) is 6.04 Å². The van der Waals surface area contributed by atoms with Gasteiger partial charge in [0.05, 0.1) is 13.2 Å². The van der Waals surface area contributed by atoms with E-state index in [4.69, 9.17) is 4.74 Å². The van der Waals surface area contributed by atoms with Crippen molar-refractivity contribution >= 4 is 18.7 Å². The Morgan fingerprint density at radius 1 is 1.44 bits per heavy atom. The van der Waals surface area contributed by atoms with E-state index in [-0.39, 0.29) is 12.1 Å². The van der Waals surface area contributed by atoms with Crippen LogP contribution in [0.15, 0.2) is 24.3 Å². The molecule has 5 heteroatoms. The van der Waals surface area contributed by atoms with E-state index in [1.807, 2.05) is 36.2 Å². The van der Waals surface area contributed by atoms with Gasteiger partial charge >= 0.3 is 6.03 Å². The lowest BCUT2D eigenvalue weighted by Gasteiger charge is -2.20. The summed E-state index contributed by atoms with van der Waals surface area (Å²) < 4.78 is 5.36. The smallest absolute Gasteiger partial charge is 0.320 e. The number of hydrogen-bond donors (Lipinski definition) is 1. The number of likely N-dealkylation sites (N-methyl/N-ethyl adjacent to an activating group) is 1. The average Bonchev–Trinajstić information content (AvgIpc) is 2.67. The fraction of sp³-hybridized carbons (Fsp3) is 0.462. The molecule has 1 fully saturated rings. The normalized spacial score (nSPS) is 19.5. The highest BCUT2D eigenvalue weighted by Crippen LogP contribution is 2.33. The van der Waals surface area contributed by atoms with Crippen LogP contribution in [0.5, 0.6) is 5.75 Å². The maximum atomic E-state index is 12.1. The first kappa shape index (κ1) is 13.1. The molecule has 2 rings (SSSR count). The fourth-order valence-corrected chi connectivity index (χ4v) is 2.56. The van der Waals surface area contributed by atoms with Crippen molar-refractivity contribution in [3.05, 3.63) is 29.8 Å². The van der Waals surface area contributed by atoms with Crippen molar-refractivity contribution in [3.63, 3.8) is 0 Å². The van der Waals surface area contributed by atoms with E-state index in [2.05, 4.69) is 12.6 Å². The van der Waals surface area contributed by atoms with Crippen LogP contribution in [0.3, 0.4) is 0 Å². The number of hydrogen-bond acceptors (Lipinski definition) is 3. The summed E-state index contributed by atoms with van der Waals surface area (Å²) in [5, 5.41) is 0. The fourth-order valence-electron chi connectivity index (χ4n) is 2.32. The molecule has 0 radical (unpaired) electrons. The molecular weight excluding hydrogens is 248 g/mol. The molecule has 1 saturated heterocycles. The second-order valence-electron chi connectivity index (χ2n) is 4.32. The third kappa shape index (κ3) is 2.27. The minimum absolute atomic E-state index is 0.0496. The van der Waals surface area contributed by atoms with E-state index in [9.17, 15) is 4.79 Å². The van der Waals surface area contributed by atoms with Gasteiger partial charge in [-0.05, 0) is 6.07 Å². The summed E-state index contributed by atoms with van der Waals surface area (Å²) in [5.74, 6) is 1.51. The van der Waals surface area contributed by atoms with Crippen LogP contribution in [0.25, 0.3) is 0 Å². The molecule has 0 spiro atoms. The summed E-state index contributed by atoms with van der Waals surface area (Å²) >= 11 is 4.18. The number of benzene rings is 1. The molecular formula is C13H18N2O2S. The molecule has 18 heavy (non-hydrogen) atoms. The van der Waals surface area contributed by atoms with Crippen LogP contribution in [0.4, 0.5) is 4.79 Å².